The Morgan fingerprint density at radius 1 is 0.581 bits per heavy atom. The molecular weight excluding hydrogens is 489 g/mol. The summed E-state index contributed by atoms with van der Waals surface area (Å²) in [6.07, 6.45) is -22.3. The van der Waals surface area contributed by atoms with Crippen LogP contribution in [-0.2, 0) is 9.59 Å². The fourth-order valence-electron chi connectivity index (χ4n) is 2.06. The summed E-state index contributed by atoms with van der Waals surface area (Å²) in [5, 5.41) is 8.15. The van der Waals surface area contributed by atoms with Crippen LogP contribution in [0.1, 0.15) is 25.7 Å². The molecule has 18 heteroatoms. The van der Waals surface area contributed by atoms with Gasteiger partial charge >= 0.3 is 47.7 Å². The van der Waals surface area contributed by atoms with E-state index in [0.29, 0.717) is 0 Å². The van der Waals surface area contributed by atoms with Gasteiger partial charge in [0.15, 0.2) is 0 Å². The maximum atomic E-state index is 13.5. The van der Waals surface area contributed by atoms with Gasteiger partial charge in [-0.1, -0.05) is 0 Å². The van der Waals surface area contributed by atoms with Gasteiger partial charge in [0.2, 0.25) is 5.78 Å². The lowest BCUT2D eigenvalue weighted by atomic mass is 9.85. The summed E-state index contributed by atoms with van der Waals surface area (Å²) in [6.45, 7) is 0. The van der Waals surface area contributed by atoms with E-state index in [1.54, 1.807) is 0 Å². The van der Waals surface area contributed by atoms with Crippen molar-refractivity contribution in [1.29, 1.82) is 0 Å². The number of carbonyl (C=O) groups excluding carboxylic acids is 1. The Morgan fingerprint density at radius 3 is 1.29 bits per heavy atom. The summed E-state index contributed by atoms with van der Waals surface area (Å²) >= 11 is 0. The largest absolute Gasteiger partial charge is 0.476 e. The van der Waals surface area contributed by atoms with E-state index in [1.807, 2.05) is 0 Å². The Kier molecular flexibility index (Phi) is 7.71. The molecule has 31 heavy (non-hydrogen) atoms. The molecule has 0 unspecified atom stereocenters. The zero-order valence-corrected chi connectivity index (χ0v) is 14.3. The second-order valence-corrected chi connectivity index (χ2v) is 6.02. The molecule has 0 bridgehead atoms. The van der Waals surface area contributed by atoms with E-state index < -0.39 is 79.1 Å². The first-order chi connectivity index (χ1) is 13.3. The van der Waals surface area contributed by atoms with E-state index in [9.17, 15) is 75.4 Å². The Hall–Kier alpha value is -1.91. The highest BCUT2D eigenvalue weighted by molar-refractivity contribution is 6.32. The molecule has 3 nitrogen and oxygen atoms in total. The van der Waals surface area contributed by atoms with Crippen LogP contribution in [0.3, 0.4) is 0 Å². The van der Waals surface area contributed by atoms with Gasteiger partial charge in [-0.3, -0.25) is 4.79 Å². The zero-order valence-electron chi connectivity index (χ0n) is 14.3. The summed E-state index contributed by atoms with van der Waals surface area (Å²) in [6, 6.07) is 0. The molecule has 0 atom stereocenters. The molecule has 184 valence electrons. The standard InChI is InChI=1S/C13H9F15O3/c14-7(15,4-2-1-3-5(29)6(30)31)9(17,18)11(21,22)10(19,20)8(16,12(23,24)25)13(26,27)28/h1-4H2,(H,30,31). The first kappa shape index (κ1) is 29.1. The lowest BCUT2D eigenvalue weighted by Crippen LogP contribution is -2.75. The molecule has 0 aliphatic heterocycles. The van der Waals surface area contributed by atoms with Gasteiger partial charge in [0, 0.05) is 12.8 Å². The number of unbranched alkanes of at least 4 members (excludes halogenated alkanes) is 1. The Morgan fingerprint density at radius 2 is 0.968 bits per heavy atom. The van der Waals surface area contributed by atoms with Crippen LogP contribution in [0.25, 0.3) is 0 Å². The van der Waals surface area contributed by atoms with E-state index >= 15 is 0 Å². The molecule has 0 saturated heterocycles. The molecule has 0 saturated carbocycles. The minimum absolute atomic E-state index is 1.04. The van der Waals surface area contributed by atoms with E-state index in [4.69, 9.17) is 5.11 Å². The number of rotatable bonds is 10. The van der Waals surface area contributed by atoms with Crippen LogP contribution >= 0.6 is 0 Å². The lowest BCUT2D eigenvalue weighted by molar-refractivity contribution is -0.457. The fraction of sp³-hybridized carbons (Fsp3) is 0.846. The SMILES string of the molecule is O=C(O)C(=O)CCCCC(F)(F)C(F)(F)C(F)(F)C(F)(F)C(F)(C(F)(F)F)C(F)(F)F. The summed E-state index contributed by atoms with van der Waals surface area (Å²) in [7, 11) is 0. The number of hydrogen-bond donors (Lipinski definition) is 1. The Labute approximate surface area is 161 Å². The van der Waals surface area contributed by atoms with E-state index in [0.717, 1.165) is 0 Å². The molecular formula is C13H9F15O3. The van der Waals surface area contributed by atoms with Gasteiger partial charge in [-0.05, 0) is 12.8 Å². The van der Waals surface area contributed by atoms with E-state index in [-0.39, 0.29) is 0 Å². The highest BCUT2D eigenvalue weighted by Crippen LogP contribution is 2.64. The topological polar surface area (TPSA) is 54.4 Å². The van der Waals surface area contributed by atoms with E-state index in [2.05, 4.69) is 0 Å². The monoisotopic (exact) mass is 498 g/mol. The van der Waals surface area contributed by atoms with Crippen molar-refractivity contribution in [3.8, 4) is 0 Å². The molecule has 0 amide bonds. The predicted molar refractivity (Wildman–Crippen MR) is 66.8 cm³/mol. The summed E-state index contributed by atoms with van der Waals surface area (Å²) in [5.74, 6) is -34.6. The molecule has 0 rings (SSSR count). The zero-order chi connectivity index (χ0) is 25.5. The van der Waals surface area contributed by atoms with Gasteiger partial charge in [-0.2, -0.15) is 61.5 Å². The molecule has 0 aliphatic rings. The molecule has 0 aromatic heterocycles. The van der Waals surface area contributed by atoms with Crippen LogP contribution < -0.4 is 0 Å². The van der Waals surface area contributed by atoms with Crippen molar-refractivity contribution >= 4 is 11.8 Å². The molecule has 0 aromatic rings. The van der Waals surface area contributed by atoms with Crippen molar-refractivity contribution in [3.63, 3.8) is 0 Å². The van der Waals surface area contributed by atoms with Gasteiger partial charge in [0.05, 0.1) is 0 Å². The van der Waals surface area contributed by atoms with Crippen LogP contribution in [0, 0.1) is 0 Å². The fourth-order valence-corrected chi connectivity index (χ4v) is 2.06. The third kappa shape index (κ3) is 4.65. The van der Waals surface area contributed by atoms with Gasteiger partial charge in [-0.25, -0.2) is 9.18 Å². The average Bonchev–Trinajstić information content (AvgIpc) is 2.54. The highest BCUT2D eigenvalue weighted by Gasteiger charge is 2.95. The van der Waals surface area contributed by atoms with Gasteiger partial charge in [0.1, 0.15) is 0 Å². The smallest absolute Gasteiger partial charge is 0.438 e. The summed E-state index contributed by atoms with van der Waals surface area (Å²) in [4.78, 5) is 20.8. The predicted octanol–water partition coefficient (Wildman–Crippen LogP) is 5.57. The maximum Gasteiger partial charge on any atom is 0.438 e. The maximum absolute atomic E-state index is 13.5. The number of carboxylic acids is 1. The Bertz CT molecular complexity index is 663. The molecule has 0 aromatic carbocycles. The van der Waals surface area contributed by atoms with E-state index in [1.165, 1.54) is 0 Å². The molecule has 0 aliphatic carbocycles. The van der Waals surface area contributed by atoms with Crippen LogP contribution in [0.15, 0.2) is 0 Å². The number of halogens is 15. The molecule has 0 spiro atoms. The molecule has 0 fully saturated rings. The minimum Gasteiger partial charge on any atom is -0.476 e. The van der Waals surface area contributed by atoms with Crippen LogP contribution in [0.5, 0.6) is 0 Å². The summed E-state index contributed by atoms with van der Waals surface area (Å²) < 4.78 is 194. The minimum atomic E-state index is -8.47. The van der Waals surface area contributed by atoms with Crippen LogP contribution in [0.2, 0.25) is 0 Å². The van der Waals surface area contributed by atoms with Gasteiger partial charge < -0.3 is 5.11 Å². The normalized spacial score (nSPS) is 15.2. The lowest BCUT2D eigenvalue weighted by Gasteiger charge is -2.43. The van der Waals surface area contributed by atoms with Crippen molar-refractivity contribution in [2.24, 2.45) is 0 Å². The van der Waals surface area contributed by atoms with Crippen molar-refractivity contribution < 1.29 is 80.6 Å². The average molecular weight is 498 g/mol. The van der Waals surface area contributed by atoms with Crippen LogP contribution in [0.4, 0.5) is 65.9 Å². The number of aliphatic carboxylic acids is 1. The van der Waals surface area contributed by atoms with Crippen molar-refractivity contribution in [1.82, 2.24) is 0 Å². The van der Waals surface area contributed by atoms with Gasteiger partial charge in [-0.15, -0.1) is 0 Å². The second-order valence-electron chi connectivity index (χ2n) is 6.02. The van der Waals surface area contributed by atoms with Gasteiger partial charge in [0.25, 0.3) is 0 Å². The number of hydrogen-bond acceptors (Lipinski definition) is 2. The first-order valence-corrected chi connectivity index (χ1v) is 7.42. The Balaban J connectivity index is 6.08. The van der Waals surface area contributed by atoms with Crippen molar-refractivity contribution in [2.45, 2.75) is 67.4 Å². The third-order valence-corrected chi connectivity index (χ3v) is 3.85. The van der Waals surface area contributed by atoms with Crippen LogP contribution in [-0.4, -0.2) is 58.6 Å². The second kappa shape index (κ2) is 8.22. The number of Topliss-reactive ketones (excluding diaryl/α,β-unsaturated/α-hetero) is 1. The number of carboxylic acid groups (broad SMARTS) is 1. The molecule has 0 heterocycles. The van der Waals surface area contributed by atoms with Crippen molar-refractivity contribution in [2.75, 3.05) is 0 Å². The highest BCUT2D eigenvalue weighted by atomic mass is 19.4. The number of carbonyl (C=O) groups is 2. The van der Waals surface area contributed by atoms with Crippen molar-refractivity contribution in [3.05, 3.63) is 0 Å². The molecule has 1 N–H and O–H groups in total. The summed E-state index contributed by atoms with van der Waals surface area (Å²) in [5.41, 5.74) is -8.34. The molecule has 0 radical (unpaired) electrons. The number of alkyl halides is 15. The third-order valence-electron chi connectivity index (χ3n) is 3.85. The number of ketones is 1. The first-order valence-electron chi connectivity index (χ1n) is 7.42. The quantitative estimate of drug-likeness (QED) is 0.243.